The number of likely N-dealkylation sites (tertiary alicyclic amines) is 2. The van der Waals surface area contributed by atoms with Crippen molar-refractivity contribution in [1.29, 1.82) is 0 Å². The highest BCUT2D eigenvalue weighted by atomic mass is 16.5. The van der Waals surface area contributed by atoms with E-state index in [0.29, 0.717) is 17.7 Å². The van der Waals surface area contributed by atoms with Gasteiger partial charge >= 0.3 is 0 Å². The number of carbonyl (C=O) groups excluding carboxylic acids is 3. The normalized spacial score (nSPS) is 31.0. The molecule has 1 aromatic rings. The molecule has 2 bridgehead atoms. The van der Waals surface area contributed by atoms with Gasteiger partial charge in [0.05, 0.1) is 12.5 Å². The number of amides is 3. The van der Waals surface area contributed by atoms with Crippen LogP contribution in [0.3, 0.4) is 0 Å². The predicted molar refractivity (Wildman–Crippen MR) is 115 cm³/mol. The van der Waals surface area contributed by atoms with Gasteiger partial charge in [-0.3, -0.25) is 19.3 Å². The summed E-state index contributed by atoms with van der Waals surface area (Å²) in [6.45, 7) is 0.802. The van der Waals surface area contributed by atoms with Crippen LogP contribution < -0.4 is 4.74 Å². The van der Waals surface area contributed by atoms with Crippen LogP contribution in [0.4, 0.5) is 0 Å². The number of ether oxygens (including phenoxy) is 1. The topological polar surface area (TPSA) is 66.9 Å². The van der Waals surface area contributed by atoms with Crippen LogP contribution in [0, 0.1) is 5.92 Å². The molecule has 2 heterocycles. The summed E-state index contributed by atoms with van der Waals surface area (Å²) in [6.07, 6.45) is 8.52. The second-order valence-corrected chi connectivity index (χ2v) is 9.90. The zero-order chi connectivity index (χ0) is 21.6. The molecule has 0 N–H and O–H groups in total. The van der Waals surface area contributed by atoms with Gasteiger partial charge in [0.1, 0.15) is 5.75 Å². The van der Waals surface area contributed by atoms with Crippen molar-refractivity contribution in [3.63, 3.8) is 0 Å². The predicted octanol–water partition coefficient (Wildman–Crippen LogP) is 3.43. The Morgan fingerprint density at radius 3 is 2.42 bits per heavy atom. The quantitative estimate of drug-likeness (QED) is 0.680. The monoisotopic (exact) mass is 424 g/mol. The molecule has 4 aliphatic rings. The molecule has 31 heavy (non-hydrogen) atoms. The molecular formula is C25H32N2O4. The molecule has 166 valence electrons. The lowest BCUT2D eigenvalue weighted by Crippen LogP contribution is -2.46. The van der Waals surface area contributed by atoms with Crippen molar-refractivity contribution >= 4 is 17.7 Å². The van der Waals surface area contributed by atoms with Crippen LogP contribution >= 0.6 is 0 Å². The Labute approximate surface area is 183 Å². The number of carbonyl (C=O) groups is 3. The third-order valence-electron chi connectivity index (χ3n) is 8.11. The lowest BCUT2D eigenvalue weighted by Gasteiger charge is -2.32. The van der Waals surface area contributed by atoms with Crippen molar-refractivity contribution in [2.24, 2.45) is 5.92 Å². The first-order chi connectivity index (χ1) is 15.0. The fraction of sp³-hybridized carbons (Fsp3) is 0.640. The third kappa shape index (κ3) is 3.44. The van der Waals surface area contributed by atoms with Gasteiger partial charge < -0.3 is 9.64 Å². The number of nitrogens with zero attached hydrogens (tertiary/aromatic N) is 2. The van der Waals surface area contributed by atoms with Gasteiger partial charge in [-0.2, -0.15) is 0 Å². The van der Waals surface area contributed by atoms with Crippen molar-refractivity contribution in [3.8, 4) is 5.75 Å². The minimum absolute atomic E-state index is 0.0128. The van der Waals surface area contributed by atoms with Crippen LogP contribution in [0.15, 0.2) is 24.3 Å². The van der Waals surface area contributed by atoms with Gasteiger partial charge in [0.25, 0.3) is 0 Å². The summed E-state index contributed by atoms with van der Waals surface area (Å²) in [6, 6.07) is 7.65. The van der Waals surface area contributed by atoms with Gasteiger partial charge in [-0.15, -0.1) is 0 Å². The van der Waals surface area contributed by atoms with E-state index in [1.165, 1.54) is 17.7 Å². The lowest BCUT2D eigenvalue weighted by atomic mass is 9.75. The van der Waals surface area contributed by atoms with Gasteiger partial charge in [0.15, 0.2) is 0 Å². The molecule has 3 atom stereocenters. The van der Waals surface area contributed by atoms with E-state index in [2.05, 4.69) is 0 Å². The Morgan fingerprint density at radius 2 is 1.74 bits per heavy atom. The largest absolute Gasteiger partial charge is 0.497 e. The van der Waals surface area contributed by atoms with Crippen molar-refractivity contribution < 1.29 is 19.1 Å². The average Bonchev–Trinajstić information content (AvgIpc) is 3.46. The van der Waals surface area contributed by atoms with Gasteiger partial charge in [0.2, 0.25) is 17.7 Å². The molecule has 0 spiro atoms. The van der Waals surface area contributed by atoms with Crippen LogP contribution in [0.25, 0.3) is 0 Å². The lowest BCUT2D eigenvalue weighted by molar-refractivity contribution is -0.145. The number of hydrogen-bond donors (Lipinski definition) is 0. The minimum atomic E-state index is -1.10. The molecule has 2 saturated carbocycles. The van der Waals surface area contributed by atoms with Crippen molar-refractivity contribution in [2.45, 2.75) is 81.7 Å². The van der Waals surface area contributed by atoms with Crippen molar-refractivity contribution in [3.05, 3.63) is 29.8 Å². The molecule has 0 aromatic heterocycles. The van der Waals surface area contributed by atoms with E-state index < -0.39 is 5.41 Å². The zero-order valence-electron chi connectivity index (χ0n) is 18.3. The van der Waals surface area contributed by atoms with Gasteiger partial charge in [-0.05, 0) is 55.7 Å². The fourth-order valence-electron chi connectivity index (χ4n) is 6.47. The number of rotatable bonds is 5. The molecule has 0 radical (unpaired) electrons. The second-order valence-electron chi connectivity index (χ2n) is 9.90. The maximum Gasteiger partial charge on any atom is 0.241 e. The van der Waals surface area contributed by atoms with E-state index in [1.807, 2.05) is 29.2 Å². The molecule has 1 aromatic carbocycles. The SMILES string of the molecule is COc1ccc([C@]2(CC(=O)N3C[C@@H]4CCC[C@@H]3C4)CC(=O)N(C3CCCC3)C2=O)cc1. The zero-order valence-corrected chi connectivity index (χ0v) is 18.3. The Hall–Kier alpha value is -2.37. The molecule has 6 nitrogen and oxygen atoms in total. The molecule has 5 rings (SSSR count). The van der Waals surface area contributed by atoms with E-state index in [-0.39, 0.29) is 36.6 Å². The Morgan fingerprint density at radius 1 is 1.03 bits per heavy atom. The summed E-state index contributed by atoms with van der Waals surface area (Å²) < 4.78 is 5.29. The summed E-state index contributed by atoms with van der Waals surface area (Å²) in [5.74, 6) is 1.02. The Balaban J connectivity index is 1.48. The summed E-state index contributed by atoms with van der Waals surface area (Å²) in [4.78, 5) is 44.1. The van der Waals surface area contributed by atoms with Gasteiger partial charge in [-0.1, -0.05) is 31.4 Å². The molecule has 2 aliphatic heterocycles. The molecule has 4 fully saturated rings. The van der Waals surface area contributed by atoms with Crippen molar-refractivity contribution in [2.75, 3.05) is 13.7 Å². The molecule has 2 saturated heterocycles. The third-order valence-corrected chi connectivity index (χ3v) is 8.11. The highest BCUT2D eigenvalue weighted by Gasteiger charge is 2.56. The highest BCUT2D eigenvalue weighted by molar-refractivity contribution is 6.11. The molecule has 2 aliphatic carbocycles. The number of benzene rings is 1. The smallest absolute Gasteiger partial charge is 0.241 e. The van der Waals surface area contributed by atoms with Crippen LogP contribution in [-0.4, -0.2) is 53.3 Å². The Bertz CT molecular complexity index is 876. The molecule has 3 amide bonds. The standard InChI is InChI=1S/C25H32N2O4/c1-31-21-11-9-18(10-12-21)25(14-22(28)26-16-17-5-4-8-20(26)13-17)15-23(29)27(24(25)30)19-6-2-3-7-19/h9-12,17,19-20H,2-8,13-16H2,1H3/t17-,20-,25+/m1/s1. The number of fused-ring (bicyclic) bond motifs is 2. The molecule has 0 unspecified atom stereocenters. The van der Waals surface area contributed by atoms with Gasteiger partial charge in [0, 0.05) is 31.5 Å². The first-order valence-electron chi connectivity index (χ1n) is 11.8. The number of hydrogen-bond acceptors (Lipinski definition) is 4. The minimum Gasteiger partial charge on any atom is -0.497 e. The van der Waals surface area contributed by atoms with Crippen LogP contribution in [0.1, 0.15) is 69.8 Å². The van der Waals surface area contributed by atoms with E-state index in [0.717, 1.165) is 50.6 Å². The van der Waals surface area contributed by atoms with Crippen LogP contribution in [-0.2, 0) is 19.8 Å². The van der Waals surface area contributed by atoms with E-state index in [9.17, 15) is 14.4 Å². The van der Waals surface area contributed by atoms with Crippen molar-refractivity contribution in [1.82, 2.24) is 9.80 Å². The van der Waals surface area contributed by atoms with E-state index in [4.69, 9.17) is 4.74 Å². The van der Waals surface area contributed by atoms with E-state index in [1.54, 1.807) is 7.11 Å². The number of methoxy groups -OCH3 is 1. The highest BCUT2D eigenvalue weighted by Crippen LogP contribution is 2.45. The van der Waals surface area contributed by atoms with Crippen LogP contribution in [0.5, 0.6) is 5.75 Å². The fourth-order valence-corrected chi connectivity index (χ4v) is 6.47. The summed E-state index contributed by atoms with van der Waals surface area (Å²) in [7, 11) is 1.60. The maximum atomic E-state index is 13.9. The summed E-state index contributed by atoms with van der Waals surface area (Å²) in [5.41, 5.74) is -0.345. The van der Waals surface area contributed by atoms with E-state index >= 15 is 0 Å². The second kappa shape index (κ2) is 7.95. The summed E-state index contributed by atoms with van der Waals surface area (Å²) in [5, 5.41) is 0. The molecule has 6 heteroatoms. The Kier molecular flexibility index (Phi) is 5.27. The average molecular weight is 425 g/mol. The number of imide groups is 1. The first kappa shape index (κ1) is 20.5. The summed E-state index contributed by atoms with van der Waals surface area (Å²) >= 11 is 0. The molecular weight excluding hydrogens is 392 g/mol. The first-order valence-corrected chi connectivity index (χ1v) is 11.8. The maximum absolute atomic E-state index is 13.9. The van der Waals surface area contributed by atoms with Gasteiger partial charge in [-0.25, -0.2) is 0 Å². The van der Waals surface area contributed by atoms with Crippen LogP contribution in [0.2, 0.25) is 0 Å².